The summed E-state index contributed by atoms with van der Waals surface area (Å²) in [5.74, 6) is 0.402. The van der Waals surface area contributed by atoms with Crippen LogP contribution in [0.5, 0.6) is 5.75 Å². The van der Waals surface area contributed by atoms with Crippen molar-refractivity contribution in [1.29, 1.82) is 0 Å². The van der Waals surface area contributed by atoms with Gasteiger partial charge in [-0.15, -0.1) is 0 Å². The maximum Gasteiger partial charge on any atom is 0.274 e. The van der Waals surface area contributed by atoms with Gasteiger partial charge in [-0.2, -0.15) is 9.40 Å². The number of ether oxygens (including phenoxy) is 1. The Bertz CT molecular complexity index is 1170. The molecule has 0 N–H and O–H groups in total. The maximum absolute atomic E-state index is 13.0. The monoisotopic (exact) mass is 440 g/mol. The average Bonchev–Trinajstić information content (AvgIpc) is 3.21. The van der Waals surface area contributed by atoms with Crippen molar-refractivity contribution in [1.82, 2.24) is 19.0 Å². The van der Waals surface area contributed by atoms with Crippen molar-refractivity contribution in [2.24, 2.45) is 0 Å². The Kier molecular flexibility index (Phi) is 5.79. The molecule has 0 aliphatic carbocycles. The molecule has 1 amide bonds. The number of para-hydroxylation sites is 1. The van der Waals surface area contributed by atoms with E-state index in [-0.39, 0.29) is 23.9 Å². The van der Waals surface area contributed by atoms with E-state index in [9.17, 15) is 13.2 Å². The summed E-state index contributed by atoms with van der Waals surface area (Å²) in [6, 6.07) is 17.7. The van der Waals surface area contributed by atoms with Crippen LogP contribution in [0, 0.1) is 6.92 Å². The highest BCUT2D eigenvalue weighted by molar-refractivity contribution is 7.89. The third kappa shape index (κ3) is 4.19. The molecule has 4 rings (SSSR count). The number of aryl methyl sites for hydroxylation is 1. The minimum Gasteiger partial charge on any atom is -0.497 e. The Morgan fingerprint density at radius 3 is 2.23 bits per heavy atom. The number of amides is 1. The Hall–Kier alpha value is -3.17. The van der Waals surface area contributed by atoms with Crippen molar-refractivity contribution in [3.05, 3.63) is 72.1 Å². The summed E-state index contributed by atoms with van der Waals surface area (Å²) in [6.45, 7) is 2.99. The fourth-order valence-electron chi connectivity index (χ4n) is 3.60. The molecule has 0 saturated carbocycles. The van der Waals surface area contributed by atoms with E-state index in [0.717, 1.165) is 11.4 Å². The molecule has 1 fully saturated rings. The van der Waals surface area contributed by atoms with E-state index in [4.69, 9.17) is 4.74 Å². The molecule has 31 heavy (non-hydrogen) atoms. The van der Waals surface area contributed by atoms with Gasteiger partial charge in [-0.05, 0) is 49.4 Å². The number of benzene rings is 2. The zero-order valence-corrected chi connectivity index (χ0v) is 18.2. The Labute approximate surface area is 181 Å². The zero-order chi connectivity index (χ0) is 22.0. The molecule has 0 radical (unpaired) electrons. The molecular weight excluding hydrogens is 416 g/mol. The van der Waals surface area contributed by atoms with Gasteiger partial charge in [-0.1, -0.05) is 18.2 Å². The summed E-state index contributed by atoms with van der Waals surface area (Å²) in [5.41, 5.74) is 2.09. The summed E-state index contributed by atoms with van der Waals surface area (Å²) < 4.78 is 34.0. The largest absolute Gasteiger partial charge is 0.497 e. The zero-order valence-electron chi connectivity index (χ0n) is 17.4. The van der Waals surface area contributed by atoms with Crippen molar-refractivity contribution in [2.45, 2.75) is 11.8 Å². The molecule has 0 atom stereocenters. The summed E-state index contributed by atoms with van der Waals surface area (Å²) in [6.07, 6.45) is 0. The van der Waals surface area contributed by atoms with Gasteiger partial charge in [0.15, 0.2) is 5.69 Å². The summed E-state index contributed by atoms with van der Waals surface area (Å²) in [4.78, 5) is 14.8. The normalized spacial score (nSPS) is 15.1. The van der Waals surface area contributed by atoms with Crippen LogP contribution in [0.2, 0.25) is 0 Å². The van der Waals surface area contributed by atoms with Crippen LogP contribution in [0.3, 0.4) is 0 Å². The van der Waals surface area contributed by atoms with Crippen molar-refractivity contribution in [3.63, 3.8) is 0 Å². The molecule has 0 unspecified atom stereocenters. The molecule has 0 spiro atoms. The molecule has 0 bridgehead atoms. The van der Waals surface area contributed by atoms with Crippen LogP contribution < -0.4 is 4.74 Å². The second-order valence-corrected chi connectivity index (χ2v) is 9.23. The lowest BCUT2D eigenvalue weighted by Crippen LogP contribution is -2.50. The number of aromatic nitrogens is 2. The second kappa shape index (κ2) is 8.52. The number of hydrogen-bond acceptors (Lipinski definition) is 5. The number of hydrogen-bond donors (Lipinski definition) is 0. The van der Waals surface area contributed by atoms with Crippen LogP contribution in [0.25, 0.3) is 5.69 Å². The van der Waals surface area contributed by atoms with Crippen LogP contribution in [-0.2, 0) is 10.0 Å². The van der Waals surface area contributed by atoms with Gasteiger partial charge >= 0.3 is 0 Å². The lowest BCUT2D eigenvalue weighted by Gasteiger charge is -2.33. The topological polar surface area (TPSA) is 84.7 Å². The minimum atomic E-state index is -3.62. The van der Waals surface area contributed by atoms with E-state index in [2.05, 4.69) is 5.10 Å². The lowest BCUT2D eigenvalue weighted by atomic mass is 10.3. The van der Waals surface area contributed by atoms with Crippen LogP contribution in [-0.4, -0.2) is 66.6 Å². The summed E-state index contributed by atoms with van der Waals surface area (Å²) in [7, 11) is -2.09. The first kappa shape index (κ1) is 21.1. The first-order valence-corrected chi connectivity index (χ1v) is 11.4. The van der Waals surface area contributed by atoms with Gasteiger partial charge in [-0.3, -0.25) is 4.79 Å². The first-order chi connectivity index (χ1) is 14.9. The Balaban J connectivity index is 1.44. The smallest absolute Gasteiger partial charge is 0.274 e. The van der Waals surface area contributed by atoms with Gasteiger partial charge in [0.05, 0.1) is 17.7 Å². The molecule has 3 aromatic rings. The van der Waals surface area contributed by atoms with Crippen LogP contribution in [0.1, 0.15) is 16.2 Å². The third-order valence-electron chi connectivity index (χ3n) is 5.33. The standard InChI is InChI=1S/C22H24N4O4S/c1-17-16-21(23-26(17)18-6-4-3-5-7-18)22(27)24-12-14-25(15-13-24)31(28,29)20-10-8-19(30-2)9-11-20/h3-11,16H,12-15H2,1-2H3. The Morgan fingerprint density at radius 1 is 0.968 bits per heavy atom. The van der Waals surface area contributed by atoms with E-state index >= 15 is 0 Å². The van der Waals surface area contributed by atoms with Gasteiger partial charge in [0, 0.05) is 31.9 Å². The second-order valence-electron chi connectivity index (χ2n) is 7.29. The lowest BCUT2D eigenvalue weighted by molar-refractivity contribution is 0.0691. The predicted molar refractivity (Wildman–Crippen MR) is 116 cm³/mol. The molecule has 1 aliphatic heterocycles. The number of carbonyl (C=O) groups is 1. The molecule has 1 aromatic heterocycles. The van der Waals surface area contributed by atoms with E-state index in [1.165, 1.54) is 23.5 Å². The highest BCUT2D eigenvalue weighted by Gasteiger charge is 2.31. The molecule has 2 heterocycles. The van der Waals surface area contributed by atoms with Crippen molar-refractivity contribution < 1.29 is 17.9 Å². The quantitative estimate of drug-likeness (QED) is 0.608. The molecule has 8 nitrogen and oxygen atoms in total. The maximum atomic E-state index is 13.0. The van der Waals surface area contributed by atoms with Gasteiger partial charge in [-0.25, -0.2) is 13.1 Å². The first-order valence-electron chi connectivity index (χ1n) is 9.96. The number of rotatable bonds is 5. The summed E-state index contributed by atoms with van der Waals surface area (Å²) in [5, 5.41) is 4.47. The molecule has 2 aromatic carbocycles. The molecule has 162 valence electrons. The van der Waals surface area contributed by atoms with E-state index in [1.54, 1.807) is 27.8 Å². The number of piperazine rings is 1. The highest BCUT2D eigenvalue weighted by atomic mass is 32.2. The average molecular weight is 441 g/mol. The minimum absolute atomic E-state index is 0.195. The Morgan fingerprint density at radius 2 is 1.61 bits per heavy atom. The van der Waals surface area contributed by atoms with Gasteiger partial charge in [0.1, 0.15) is 5.75 Å². The molecule has 1 saturated heterocycles. The fourth-order valence-corrected chi connectivity index (χ4v) is 5.02. The van der Waals surface area contributed by atoms with Crippen LogP contribution in [0.15, 0.2) is 65.6 Å². The number of nitrogens with zero attached hydrogens (tertiary/aromatic N) is 4. The van der Waals surface area contributed by atoms with Crippen molar-refractivity contribution in [3.8, 4) is 11.4 Å². The number of sulfonamides is 1. The summed E-state index contributed by atoms with van der Waals surface area (Å²) >= 11 is 0. The molecule has 9 heteroatoms. The van der Waals surface area contributed by atoms with Gasteiger partial charge < -0.3 is 9.64 Å². The highest BCUT2D eigenvalue weighted by Crippen LogP contribution is 2.21. The van der Waals surface area contributed by atoms with E-state index in [0.29, 0.717) is 24.5 Å². The van der Waals surface area contributed by atoms with Gasteiger partial charge in [0.25, 0.3) is 5.91 Å². The van der Waals surface area contributed by atoms with Crippen LogP contribution in [0.4, 0.5) is 0 Å². The van der Waals surface area contributed by atoms with Crippen molar-refractivity contribution >= 4 is 15.9 Å². The van der Waals surface area contributed by atoms with Crippen molar-refractivity contribution in [2.75, 3.05) is 33.3 Å². The number of carbonyl (C=O) groups excluding carboxylic acids is 1. The number of methoxy groups -OCH3 is 1. The fraction of sp³-hybridized carbons (Fsp3) is 0.273. The molecular formula is C22H24N4O4S. The third-order valence-corrected chi connectivity index (χ3v) is 7.24. The van der Waals surface area contributed by atoms with Crippen LogP contribution >= 0.6 is 0 Å². The van der Waals surface area contributed by atoms with Gasteiger partial charge in [0.2, 0.25) is 10.0 Å². The predicted octanol–water partition coefficient (Wildman–Crippen LogP) is 2.34. The van der Waals surface area contributed by atoms with E-state index < -0.39 is 10.0 Å². The molecule has 1 aliphatic rings. The van der Waals surface area contributed by atoms with E-state index in [1.807, 2.05) is 37.3 Å². The SMILES string of the molecule is COc1ccc(S(=O)(=O)N2CCN(C(=O)c3cc(C)n(-c4ccccc4)n3)CC2)cc1.